The molecule has 1 aliphatic heterocycles. The molecule has 3 aliphatic rings. The van der Waals surface area contributed by atoms with Gasteiger partial charge in [-0.15, -0.1) is 0 Å². The van der Waals surface area contributed by atoms with Crippen LogP contribution in [0.25, 0.3) is 0 Å². The summed E-state index contributed by atoms with van der Waals surface area (Å²) in [5, 5.41) is 9.40. The number of rotatable bonds is 8. The van der Waals surface area contributed by atoms with Gasteiger partial charge >= 0.3 is 0 Å². The van der Waals surface area contributed by atoms with Crippen LogP contribution in [0.3, 0.4) is 0 Å². The van der Waals surface area contributed by atoms with Gasteiger partial charge in [0.2, 0.25) is 11.8 Å². The molecule has 2 aromatic carbocycles. The monoisotopic (exact) mass is 550 g/mol. The van der Waals surface area contributed by atoms with Crippen molar-refractivity contribution in [1.82, 2.24) is 20.3 Å². The highest BCUT2D eigenvalue weighted by atomic mass is 32.2. The molecule has 2 unspecified atom stereocenters. The summed E-state index contributed by atoms with van der Waals surface area (Å²) in [5.74, 6) is -0.881. The maximum absolute atomic E-state index is 13.3. The number of amides is 2. The Labute approximate surface area is 231 Å². The number of carbonyl (C=O) groups is 2. The number of aryl methyl sites for hydroxylation is 2. The van der Waals surface area contributed by atoms with Crippen molar-refractivity contribution in [2.45, 2.75) is 94.3 Å². The molecular formula is C30H38N4O4S. The molecule has 1 heterocycles. The summed E-state index contributed by atoms with van der Waals surface area (Å²) in [6.45, 7) is 4.08. The fourth-order valence-electron chi connectivity index (χ4n) is 6.00. The summed E-state index contributed by atoms with van der Waals surface area (Å²) in [5.41, 5.74) is 4.53. The topological polar surface area (TPSA) is 108 Å². The number of carbonyl (C=O) groups excluding carboxylic acids is 2. The Morgan fingerprint density at radius 1 is 1.08 bits per heavy atom. The minimum absolute atomic E-state index is 0.0755. The van der Waals surface area contributed by atoms with Gasteiger partial charge in [0.15, 0.2) is 0 Å². The molecule has 0 spiro atoms. The zero-order valence-electron chi connectivity index (χ0n) is 22.7. The van der Waals surface area contributed by atoms with Crippen LogP contribution in [-0.4, -0.2) is 36.6 Å². The zero-order chi connectivity index (χ0) is 27.6. The van der Waals surface area contributed by atoms with Crippen molar-refractivity contribution in [3.8, 4) is 0 Å². The van der Waals surface area contributed by atoms with Crippen LogP contribution in [-0.2, 0) is 26.0 Å². The molecule has 0 saturated heterocycles. The third kappa shape index (κ3) is 6.04. The molecule has 2 aliphatic carbocycles. The van der Waals surface area contributed by atoms with Gasteiger partial charge in [-0.25, -0.2) is 8.42 Å². The van der Waals surface area contributed by atoms with Crippen molar-refractivity contribution < 1.29 is 18.0 Å². The summed E-state index contributed by atoms with van der Waals surface area (Å²) < 4.78 is 27.7. The molecule has 3 atom stereocenters. The number of hydrogen-bond donors (Lipinski definition) is 3. The first kappa shape index (κ1) is 27.4. The van der Waals surface area contributed by atoms with Gasteiger partial charge in [-0.2, -0.15) is 0 Å². The Morgan fingerprint density at radius 3 is 2.56 bits per heavy atom. The summed E-state index contributed by atoms with van der Waals surface area (Å²) in [4.78, 5) is 26.0. The van der Waals surface area contributed by atoms with Gasteiger partial charge in [-0.3, -0.25) is 13.9 Å². The van der Waals surface area contributed by atoms with Gasteiger partial charge in [0.1, 0.15) is 6.04 Å². The van der Waals surface area contributed by atoms with Crippen molar-refractivity contribution in [1.29, 1.82) is 0 Å². The van der Waals surface area contributed by atoms with E-state index in [-0.39, 0.29) is 29.3 Å². The van der Waals surface area contributed by atoms with Crippen LogP contribution in [0.1, 0.15) is 86.2 Å². The number of hydrogen-bond acceptors (Lipinski definition) is 5. The molecule has 0 bridgehead atoms. The predicted molar refractivity (Wildman–Crippen MR) is 150 cm³/mol. The first-order valence-corrected chi connectivity index (χ1v) is 15.4. The lowest BCUT2D eigenvalue weighted by Crippen LogP contribution is -2.51. The predicted octanol–water partition coefficient (Wildman–Crippen LogP) is 4.13. The second kappa shape index (κ2) is 11.5. The van der Waals surface area contributed by atoms with Gasteiger partial charge in [-0.1, -0.05) is 48.7 Å². The SMILES string of the molecule is Cc1ccc(S(=O)(=O)N2C=CNC(=O)C2CC(=O)N[C@@H]2CCCc3cc(C(C)NC4CCCC4)ccc32)cc1. The Bertz CT molecular complexity index is 1350. The van der Waals surface area contributed by atoms with E-state index in [1.54, 1.807) is 12.1 Å². The maximum Gasteiger partial charge on any atom is 0.264 e. The van der Waals surface area contributed by atoms with Crippen molar-refractivity contribution in [3.05, 3.63) is 77.1 Å². The second-order valence-corrected chi connectivity index (χ2v) is 12.9. The minimum Gasteiger partial charge on any atom is -0.349 e. The van der Waals surface area contributed by atoms with E-state index in [1.165, 1.54) is 61.3 Å². The van der Waals surface area contributed by atoms with Crippen LogP contribution in [0.4, 0.5) is 0 Å². The van der Waals surface area contributed by atoms with E-state index in [9.17, 15) is 18.0 Å². The lowest BCUT2D eigenvalue weighted by molar-refractivity contribution is -0.129. The number of sulfonamides is 1. The lowest BCUT2D eigenvalue weighted by Gasteiger charge is -2.32. The average molecular weight is 551 g/mol. The average Bonchev–Trinajstić information content (AvgIpc) is 3.43. The van der Waals surface area contributed by atoms with Crippen LogP contribution < -0.4 is 16.0 Å². The molecule has 208 valence electrons. The lowest BCUT2D eigenvalue weighted by atomic mass is 9.85. The first-order valence-electron chi connectivity index (χ1n) is 14.0. The highest BCUT2D eigenvalue weighted by Crippen LogP contribution is 2.33. The molecule has 0 radical (unpaired) electrons. The third-order valence-corrected chi connectivity index (χ3v) is 9.99. The molecular weight excluding hydrogens is 512 g/mol. The molecule has 1 fully saturated rings. The van der Waals surface area contributed by atoms with E-state index < -0.39 is 22.0 Å². The minimum atomic E-state index is -4.01. The normalized spacial score (nSPS) is 22.3. The molecule has 2 aromatic rings. The molecule has 0 aromatic heterocycles. The Hall–Kier alpha value is -3.17. The highest BCUT2D eigenvalue weighted by molar-refractivity contribution is 7.89. The molecule has 3 N–H and O–H groups in total. The number of nitrogens with one attached hydrogen (secondary N) is 3. The van der Waals surface area contributed by atoms with Gasteiger partial charge < -0.3 is 16.0 Å². The summed E-state index contributed by atoms with van der Waals surface area (Å²) in [6.07, 6.45) is 10.1. The van der Waals surface area contributed by atoms with Gasteiger partial charge in [0.05, 0.1) is 17.4 Å². The zero-order valence-corrected chi connectivity index (χ0v) is 23.5. The van der Waals surface area contributed by atoms with Crippen molar-refractivity contribution in [3.63, 3.8) is 0 Å². The second-order valence-electron chi connectivity index (χ2n) is 11.0. The van der Waals surface area contributed by atoms with Gasteiger partial charge in [0.25, 0.3) is 10.0 Å². The van der Waals surface area contributed by atoms with Crippen LogP contribution >= 0.6 is 0 Å². The summed E-state index contributed by atoms with van der Waals surface area (Å²) >= 11 is 0. The Morgan fingerprint density at radius 2 is 1.82 bits per heavy atom. The smallest absolute Gasteiger partial charge is 0.264 e. The van der Waals surface area contributed by atoms with Crippen molar-refractivity contribution in [2.75, 3.05) is 0 Å². The number of benzene rings is 2. The Balaban J connectivity index is 1.28. The van der Waals surface area contributed by atoms with Gasteiger partial charge in [-0.05, 0) is 74.8 Å². The van der Waals surface area contributed by atoms with E-state index in [2.05, 4.69) is 41.1 Å². The fourth-order valence-corrected chi connectivity index (χ4v) is 7.45. The van der Waals surface area contributed by atoms with Crippen LogP contribution in [0.15, 0.2) is 59.8 Å². The first-order chi connectivity index (χ1) is 18.7. The molecule has 2 amide bonds. The molecule has 5 rings (SSSR count). The highest BCUT2D eigenvalue weighted by Gasteiger charge is 2.37. The van der Waals surface area contributed by atoms with Crippen molar-refractivity contribution in [2.24, 2.45) is 0 Å². The molecule has 9 heteroatoms. The molecule has 1 saturated carbocycles. The Kier molecular flexibility index (Phi) is 8.09. The maximum atomic E-state index is 13.3. The standard InChI is InChI=1S/C30H38N4O4S/c1-20-10-13-25(14-11-20)39(37,38)34-17-16-31-30(36)28(34)19-29(35)33-27-9-5-6-23-18-22(12-15-26(23)27)21(2)32-24-7-3-4-8-24/h10-18,21,24,27-28,32H,3-9,19H2,1-2H3,(H,31,36)(H,33,35)/t21?,27-,28?/m1/s1. The van der Waals surface area contributed by atoms with Crippen LogP contribution in [0, 0.1) is 6.92 Å². The quantitative estimate of drug-likeness (QED) is 0.458. The van der Waals surface area contributed by atoms with E-state index in [4.69, 9.17) is 0 Å². The molecule has 8 nitrogen and oxygen atoms in total. The van der Waals surface area contributed by atoms with E-state index in [0.29, 0.717) is 6.04 Å². The van der Waals surface area contributed by atoms with Crippen LogP contribution in [0.5, 0.6) is 0 Å². The van der Waals surface area contributed by atoms with Gasteiger partial charge in [0, 0.05) is 24.5 Å². The number of fused-ring (bicyclic) bond motifs is 1. The van der Waals surface area contributed by atoms with Crippen molar-refractivity contribution >= 4 is 21.8 Å². The fraction of sp³-hybridized carbons (Fsp3) is 0.467. The largest absolute Gasteiger partial charge is 0.349 e. The molecule has 39 heavy (non-hydrogen) atoms. The summed E-state index contributed by atoms with van der Waals surface area (Å²) in [7, 11) is -4.01. The summed E-state index contributed by atoms with van der Waals surface area (Å²) in [6, 6.07) is 12.5. The van der Waals surface area contributed by atoms with E-state index in [1.807, 2.05) is 6.92 Å². The number of nitrogens with zero attached hydrogens (tertiary/aromatic N) is 1. The van der Waals surface area contributed by atoms with E-state index in [0.717, 1.165) is 34.7 Å². The van der Waals surface area contributed by atoms with E-state index >= 15 is 0 Å². The van der Waals surface area contributed by atoms with Crippen LogP contribution in [0.2, 0.25) is 0 Å². The third-order valence-electron chi connectivity index (χ3n) is 8.19.